The van der Waals surface area contributed by atoms with Gasteiger partial charge in [-0.05, 0) is 18.6 Å². The fraction of sp³-hybridized carbons (Fsp3) is 0.120. The van der Waals surface area contributed by atoms with Crippen molar-refractivity contribution in [2.45, 2.75) is 13.3 Å². The number of nitrogens with two attached hydrogens (primary N) is 2. The molecule has 0 saturated carbocycles. The Morgan fingerprint density at radius 1 is 1.06 bits per heavy atom. The number of furan rings is 1. The van der Waals surface area contributed by atoms with E-state index in [-0.39, 0.29) is 13.0 Å². The van der Waals surface area contributed by atoms with Crippen LogP contribution in [-0.2, 0) is 4.79 Å². The van der Waals surface area contributed by atoms with Gasteiger partial charge in [0.15, 0.2) is 0 Å². The predicted molar refractivity (Wildman–Crippen MR) is 127 cm³/mol. The van der Waals surface area contributed by atoms with Gasteiger partial charge in [-0.25, -0.2) is 9.97 Å². The highest BCUT2D eigenvalue weighted by molar-refractivity contribution is 6.21. The van der Waals surface area contributed by atoms with Crippen molar-refractivity contribution in [2.24, 2.45) is 16.5 Å². The third kappa shape index (κ3) is 4.57. The predicted octanol–water partition coefficient (Wildman–Crippen LogP) is 3.97. The van der Waals surface area contributed by atoms with Crippen molar-refractivity contribution in [3.05, 3.63) is 83.8 Å². The number of aryl methyl sites for hydroxylation is 1. The Morgan fingerprint density at radius 3 is 2.53 bits per heavy atom. The van der Waals surface area contributed by atoms with Crippen LogP contribution in [0.25, 0.3) is 33.7 Å². The molecule has 0 aliphatic rings. The van der Waals surface area contributed by atoms with Gasteiger partial charge in [-0.15, -0.1) is 0 Å². The molecule has 0 saturated heterocycles. The summed E-state index contributed by atoms with van der Waals surface area (Å²) in [5.74, 6) is 0.271. The number of benzene rings is 2. The quantitative estimate of drug-likeness (QED) is 0.434. The van der Waals surface area contributed by atoms with Crippen molar-refractivity contribution in [1.82, 2.24) is 9.97 Å². The summed E-state index contributed by atoms with van der Waals surface area (Å²) < 4.78 is 5.98. The van der Waals surface area contributed by atoms with Crippen LogP contribution >= 0.6 is 0 Å². The van der Waals surface area contributed by atoms with Crippen LogP contribution in [0, 0.1) is 6.92 Å². The van der Waals surface area contributed by atoms with Crippen LogP contribution in [-0.4, -0.2) is 28.6 Å². The molecule has 7 heteroatoms. The number of carbonyl (C=O) groups is 1. The maximum atomic E-state index is 11.1. The van der Waals surface area contributed by atoms with E-state index in [1.54, 1.807) is 6.21 Å². The van der Waals surface area contributed by atoms with Gasteiger partial charge in [0.25, 0.3) is 0 Å². The molecule has 0 radical (unpaired) electrons. The van der Waals surface area contributed by atoms with Gasteiger partial charge in [0.05, 0.1) is 11.1 Å². The van der Waals surface area contributed by atoms with E-state index < -0.39 is 5.91 Å². The second kappa shape index (κ2) is 9.26. The Labute approximate surface area is 185 Å². The molecule has 4 N–H and O–H groups in total. The molecule has 32 heavy (non-hydrogen) atoms. The maximum Gasteiger partial charge on any atom is 0.230 e. The lowest BCUT2D eigenvalue weighted by molar-refractivity contribution is -0.117. The lowest BCUT2D eigenvalue weighted by atomic mass is 10.0. The number of rotatable bonds is 7. The first-order valence-electron chi connectivity index (χ1n) is 10.2. The summed E-state index contributed by atoms with van der Waals surface area (Å²) in [6.45, 7) is 2.27. The SMILES string of the molecule is Cc1ccc(/C(N)=C(/C=NCCC(N)=O)c2ncnc3oc(-c4ccccc4)cc23)cc1. The topological polar surface area (TPSA) is 120 Å². The Morgan fingerprint density at radius 2 is 1.81 bits per heavy atom. The van der Waals surface area contributed by atoms with E-state index >= 15 is 0 Å². The average molecular weight is 425 g/mol. The van der Waals surface area contributed by atoms with Gasteiger partial charge in [-0.3, -0.25) is 9.79 Å². The van der Waals surface area contributed by atoms with Crippen molar-refractivity contribution in [3.8, 4) is 11.3 Å². The molecular weight excluding hydrogens is 402 g/mol. The molecule has 0 aliphatic heterocycles. The van der Waals surface area contributed by atoms with E-state index in [9.17, 15) is 4.79 Å². The fourth-order valence-electron chi connectivity index (χ4n) is 3.29. The molecule has 2 aromatic carbocycles. The number of nitrogens with zero attached hydrogens (tertiary/aromatic N) is 3. The molecule has 2 heterocycles. The van der Waals surface area contributed by atoms with Crippen LogP contribution in [0.2, 0.25) is 0 Å². The second-order valence-electron chi connectivity index (χ2n) is 7.36. The standard InChI is InChI=1S/C25H23N5O2/c1-16-7-9-18(10-8-16)23(27)20(14-28-12-11-22(26)31)24-19-13-21(17-5-3-2-4-6-17)32-25(19)30-15-29-24/h2-10,13-15H,11-12,27H2,1H3,(H2,26,31)/b23-20+,28-14?. The number of hydrogen-bond donors (Lipinski definition) is 2. The second-order valence-corrected chi connectivity index (χ2v) is 7.36. The summed E-state index contributed by atoms with van der Waals surface area (Å²) in [6, 6.07) is 19.6. The molecular formula is C25H23N5O2. The Kier molecular flexibility index (Phi) is 6.07. The Hall–Kier alpha value is -4.26. The molecule has 160 valence electrons. The largest absolute Gasteiger partial charge is 0.438 e. The van der Waals surface area contributed by atoms with Gasteiger partial charge in [0.2, 0.25) is 11.6 Å². The van der Waals surface area contributed by atoms with E-state index in [0.717, 1.165) is 22.1 Å². The summed E-state index contributed by atoms with van der Waals surface area (Å²) >= 11 is 0. The zero-order valence-electron chi connectivity index (χ0n) is 17.7. The van der Waals surface area contributed by atoms with Gasteiger partial charge < -0.3 is 15.9 Å². The van der Waals surface area contributed by atoms with Gasteiger partial charge in [-0.1, -0.05) is 60.2 Å². The first-order chi connectivity index (χ1) is 15.5. The minimum atomic E-state index is -0.411. The summed E-state index contributed by atoms with van der Waals surface area (Å²) in [4.78, 5) is 24.2. The number of aromatic nitrogens is 2. The van der Waals surface area contributed by atoms with Crippen molar-refractivity contribution < 1.29 is 9.21 Å². The molecule has 0 spiro atoms. The van der Waals surface area contributed by atoms with Gasteiger partial charge >= 0.3 is 0 Å². The maximum absolute atomic E-state index is 11.1. The van der Waals surface area contributed by atoms with E-state index in [0.29, 0.717) is 28.4 Å². The molecule has 0 unspecified atom stereocenters. The van der Waals surface area contributed by atoms with Gasteiger partial charge in [0.1, 0.15) is 12.1 Å². The van der Waals surface area contributed by atoms with Crippen LogP contribution in [0.1, 0.15) is 23.2 Å². The van der Waals surface area contributed by atoms with Crippen molar-refractivity contribution >= 4 is 34.5 Å². The molecule has 0 aliphatic carbocycles. The zero-order valence-corrected chi connectivity index (χ0v) is 17.7. The van der Waals surface area contributed by atoms with Crippen LogP contribution in [0.3, 0.4) is 0 Å². The minimum Gasteiger partial charge on any atom is -0.438 e. The first-order valence-corrected chi connectivity index (χ1v) is 10.2. The number of fused-ring (bicyclic) bond motifs is 1. The number of allylic oxidation sites excluding steroid dienone is 1. The van der Waals surface area contributed by atoms with Crippen molar-refractivity contribution in [3.63, 3.8) is 0 Å². The minimum absolute atomic E-state index is 0.150. The molecule has 4 rings (SSSR count). The van der Waals surface area contributed by atoms with Crippen LogP contribution in [0.5, 0.6) is 0 Å². The number of amides is 1. The summed E-state index contributed by atoms with van der Waals surface area (Å²) in [5.41, 5.74) is 16.9. The van der Waals surface area contributed by atoms with Crippen molar-refractivity contribution in [2.75, 3.05) is 6.54 Å². The summed E-state index contributed by atoms with van der Waals surface area (Å²) in [6.07, 6.45) is 3.22. The molecule has 1 amide bonds. The molecule has 7 nitrogen and oxygen atoms in total. The number of hydrogen-bond acceptors (Lipinski definition) is 6. The molecule has 0 fully saturated rings. The van der Waals surface area contributed by atoms with Crippen LogP contribution in [0.15, 0.2) is 76.4 Å². The summed E-state index contributed by atoms with van der Waals surface area (Å²) in [5, 5.41) is 0.720. The number of aliphatic imine (C=N–C) groups is 1. The van der Waals surface area contributed by atoms with Gasteiger partial charge in [-0.2, -0.15) is 0 Å². The molecule has 2 aromatic heterocycles. The Balaban J connectivity index is 1.85. The number of carbonyl (C=O) groups excluding carboxylic acids is 1. The first kappa shape index (κ1) is 21.0. The Bertz CT molecular complexity index is 1310. The van der Waals surface area contributed by atoms with E-state index in [1.165, 1.54) is 6.33 Å². The lowest BCUT2D eigenvalue weighted by Crippen LogP contribution is -2.11. The molecule has 4 aromatic rings. The number of primary amides is 1. The van der Waals surface area contributed by atoms with E-state index in [4.69, 9.17) is 15.9 Å². The normalized spacial score (nSPS) is 12.3. The van der Waals surface area contributed by atoms with Crippen LogP contribution < -0.4 is 11.5 Å². The smallest absolute Gasteiger partial charge is 0.230 e. The molecule has 0 atom stereocenters. The fourth-order valence-corrected chi connectivity index (χ4v) is 3.29. The lowest BCUT2D eigenvalue weighted by Gasteiger charge is -2.09. The average Bonchev–Trinajstić information content (AvgIpc) is 3.24. The van der Waals surface area contributed by atoms with Gasteiger partial charge in [0, 0.05) is 36.0 Å². The van der Waals surface area contributed by atoms with Crippen molar-refractivity contribution in [1.29, 1.82) is 0 Å². The highest BCUT2D eigenvalue weighted by Gasteiger charge is 2.17. The van der Waals surface area contributed by atoms with Crippen LogP contribution in [0.4, 0.5) is 0 Å². The zero-order chi connectivity index (χ0) is 22.5. The third-order valence-electron chi connectivity index (χ3n) is 5.00. The summed E-state index contributed by atoms with van der Waals surface area (Å²) in [7, 11) is 0. The van der Waals surface area contributed by atoms with E-state index in [2.05, 4.69) is 15.0 Å². The van der Waals surface area contributed by atoms with E-state index in [1.807, 2.05) is 67.6 Å². The molecule has 0 bridgehead atoms. The highest BCUT2D eigenvalue weighted by atomic mass is 16.3. The monoisotopic (exact) mass is 425 g/mol. The third-order valence-corrected chi connectivity index (χ3v) is 5.00. The highest BCUT2D eigenvalue weighted by Crippen LogP contribution is 2.31.